The lowest BCUT2D eigenvalue weighted by Crippen LogP contribution is -2.49. The number of hydrogen-bond acceptors (Lipinski definition) is 5. The minimum Gasteiger partial charge on any atom is -0.311 e. The van der Waals surface area contributed by atoms with Gasteiger partial charge in [-0.2, -0.15) is 0 Å². The van der Waals surface area contributed by atoms with E-state index in [1.165, 1.54) is 39.1 Å². The second-order valence-electron chi connectivity index (χ2n) is 9.19. The molecule has 0 unspecified atom stereocenters. The molecule has 24 heavy (non-hydrogen) atoms. The third-order valence-corrected chi connectivity index (χ3v) is 4.89. The average Bonchev–Trinajstić information content (AvgIpc) is 2.46. The second kappa shape index (κ2) is 10.1. The summed E-state index contributed by atoms with van der Waals surface area (Å²) in [5.74, 6) is 0. The Labute approximate surface area is 151 Å². The number of hydrogen-bond donors (Lipinski definition) is 2. The molecule has 0 aromatic heterocycles. The molecule has 0 bridgehead atoms. The highest BCUT2D eigenvalue weighted by molar-refractivity contribution is 4.80. The van der Waals surface area contributed by atoms with Gasteiger partial charge in [-0.15, -0.1) is 0 Å². The molecule has 2 N–H and O–H groups in total. The highest BCUT2D eigenvalue weighted by atomic mass is 15.2. The number of piperazine rings is 1. The minimum absolute atomic E-state index is 0.207. The van der Waals surface area contributed by atoms with Crippen molar-refractivity contribution < 1.29 is 0 Å². The molecule has 0 saturated carbocycles. The summed E-state index contributed by atoms with van der Waals surface area (Å²) in [5, 5.41) is 7.31. The molecule has 0 spiro atoms. The van der Waals surface area contributed by atoms with Gasteiger partial charge in [0.25, 0.3) is 0 Å². The Morgan fingerprint density at radius 3 is 2.08 bits per heavy atom. The van der Waals surface area contributed by atoms with Crippen molar-refractivity contribution in [3.05, 3.63) is 0 Å². The van der Waals surface area contributed by atoms with Crippen molar-refractivity contribution in [2.45, 2.75) is 52.1 Å². The van der Waals surface area contributed by atoms with Crippen molar-refractivity contribution in [1.82, 2.24) is 25.3 Å². The number of likely N-dealkylation sites (N-methyl/N-ethyl adjacent to an activating group) is 2. The van der Waals surface area contributed by atoms with Gasteiger partial charge in [0.05, 0.1) is 0 Å². The monoisotopic (exact) mass is 341 g/mol. The highest BCUT2D eigenvalue weighted by Crippen LogP contribution is 2.09. The van der Waals surface area contributed by atoms with Crippen LogP contribution < -0.4 is 10.6 Å². The summed E-state index contributed by atoms with van der Waals surface area (Å²) in [6.45, 7) is 21.7. The van der Waals surface area contributed by atoms with E-state index in [0.717, 1.165) is 26.2 Å². The molecule has 0 aliphatic carbocycles. The predicted octanol–water partition coefficient (Wildman–Crippen LogP) is 1.31. The number of nitrogens with zero attached hydrogens (tertiary/aromatic N) is 3. The zero-order chi connectivity index (χ0) is 18.2. The van der Waals surface area contributed by atoms with Crippen molar-refractivity contribution in [2.24, 2.45) is 0 Å². The van der Waals surface area contributed by atoms with Crippen LogP contribution in [-0.4, -0.2) is 98.8 Å². The molecule has 0 amide bonds. The second-order valence-corrected chi connectivity index (χ2v) is 9.19. The van der Waals surface area contributed by atoms with Crippen LogP contribution in [0.5, 0.6) is 0 Å². The van der Waals surface area contributed by atoms with Gasteiger partial charge in [-0.3, -0.25) is 4.90 Å². The summed E-state index contributed by atoms with van der Waals surface area (Å²) in [6, 6.07) is 0. The first kappa shape index (κ1) is 21.8. The first-order valence-electron chi connectivity index (χ1n) is 9.67. The molecule has 1 fully saturated rings. The van der Waals surface area contributed by atoms with Gasteiger partial charge in [-0.05, 0) is 61.7 Å². The van der Waals surface area contributed by atoms with Crippen molar-refractivity contribution in [1.29, 1.82) is 0 Å². The molecule has 1 aliphatic heterocycles. The molecule has 0 aromatic carbocycles. The molecule has 5 nitrogen and oxygen atoms in total. The SMILES string of the molecule is CN1CCN(CCNC(C)(C)CCN(C)CCNC(C)(C)C)CC1. The van der Waals surface area contributed by atoms with Gasteiger partial charge in [-0.1, -0.05) is 0 Å². The third kappa shape index (κ3) is 10.6. The normalized spacial score (nSPS) is 18.5. The van der Waals surface area contributed by atoms with Crippen LogP contribution in [0.3, 0.4) is 0 Å². The van der Waals surface area contributed by atoms with E-state index in [2.05, 4.69) is 74.0 Å². The van der Waals surface area contributed by atoms with E-state index in [9.17, 15) is 0 Å². The van der Waals surface area contributed by atoms with Crippen LogP contribution in [0.4, 0.5) is 0 Å². The Morgan fingerprint density at radius 2 is 1.50 bits per heavy atom. The first-order chi connectivity index (χ1) is 11.1. The van der Waals surface area contributed by atoms with E-state index in [4.69, 9.17) is 0 Å². The molecule has 0 atom stereocenters. The van der Waals surface area contributed by atoms with Gasteiger partial charge >= 0.3 is 0 Å². The largest absolute Gasteiger partial charge is 0.311 e. The van der Waals surface area contributed by atoms with Crippen LogP contribution in [0, 0.1) is 0 Å². The zero-order valence-electron chi connectivity index (χ0n) is 17.4. The standard InChI is InChI=1S/C19H43N5/c1-18(2,3)20-9-12-22(6)11-8-19(4,5)21-10-13-24-16-14-23(7)15-17-24/h20-21H,8-17H2,1-7H3. The predicted molar refractivity (Wildman–Crippen MR) is 106 cm³/mol. The molecule has 1 saturated heterocycles. The molecule has 5 heteroatoms. The fourth-order valence-electron chi connectivity index (χ4n) is 2.92. The topological polar surface area (TPSA) is 33.8 Å². The Hall–Kier alpha value is -0.200. The molecule has 0 radical (unpaired) electrons. The van der Waals surface area contributed by atoms with Crippen LogP contribution in [0.15, 0.2) is 0 Å². The van der Waals surface area contributed by atoms with Crippen LogP contribution in [0.2, 0.25) is 0 Å². The number of rotatable bonds is 10. The summed E-state index contributed by atoms with van der Waals surface area (Å²) in [4.78, 5) is 7.42. The maximum atomic E-state index is 3.76. The molecule has 1 rings (SSSR count). The lowest BCUT2D eigenvalue weighted by atomic mass is 10.0. The summed E-state index contributed by atoms with van der Waals surface area (Å²) in [7, 11) is 4.44. The van der Waals surface area contributed by atoms with E-state index < -0.39 is 0 Å². The van der Waals surface area contributed by atoms with Gasteiger partial charge < -0.3 is 20.4 Å². The Morgan fingerprint density at radius 1 is 0.875 bits per heavy atom. The van der Waals surface area contributed by atoms with Crippen molar-refractivity contribution in [3.63, 3.8) is 0 Å². The van der Waals surface area contributed by atoms with Gasteiger partial charge in [0.2, 0.25) is 0 Å². The van der Waals surface area contributed by atoms with E-state index in [-0.39, 0.29) is 11.1 Å². The Kier molecular flexibility index (Phi) is 9.17. The van der Waals surface area contributed by atoms with Crippen LogP contribution in [0.1, 0.15) is 41.0 Å². The van der Waals surface area contributed by atoms with Crippen molar-refractivity contribution >= 4 is 0 Å². The Balaban J connectivity index is 2.12. The van der Waals surface area contributed by atoms with Crippen LogP contribution in [-0.2, 0) is 0 Å². The Bertz CT molecular complexity index is 329. The maximum Gasteiger partial charge on any atom is 0.0137 e. The summed E-state index contributed by atoms with van der Waals surface area (Å²) >= 11 is 0. The molecule has 1 heterocycles. The van der Waals surface area contributed by atoms with Gasteiger partial charge in [0.1, 0.15) is 0 Å². The first-order valence-corrected chi connectivity index (χ1v) is 9.67. The molecule has 144 valence electrons. The van der Waals surface area contributed by atoms with Crippen molar-refractivity contribution in [2.75, 3.05) is 73.0 Å². The fraction of sp³-hybridized carbons (Fsp3) is 1.00. The van der Waals surface area contributed by atoms with Crippen LogP contribution >= 0.6 is 0 Å². The molecule has 1 aliphatic rings. The fourth-order valence-corrected chi connectivity index (χ4v) is 2.92. The summed E-state index contributed by atoms with van der Waals surface area (Å²) in [5.41, 5.74) is 0.420. The lowest BCUT2D eigenvalue weighted by molar-refractivity contribution is 0.150. The van der Waals surface area contributed by atoms with E-state index in [1.54, 1.807) is 0 Å². The van der Waals surface area contributed by atoms with Gasteiger partial charge in [0.15, 0.2) is 0 Å². The summed E-state index contributed by atoms with van der Waals surface area (Å²) < 4.78 is 0. The zero-order valence-corrected chi connectivity index (χ0v) is 17.4. The smallest absolute Gasteiger partial charge is 0.0137 e. The maximum absolute atomic E-state index is 3.76. The van der Waals surface area contributed by atoms with E-state index in [0.29, 0.717) is 0 Å². The average molecular weight is 342 g/mol. The van der Waals surface area contributed by atoms with Gasteiger partial charge in [-0.25, -0.2) is 0 Å². The van der Waals surface area contributed by atoms with E-state index >= 15 is 0 Å². The summed E-state index contributed by atoms with van der Waals surface area (Å²) in [6.07, 6.45) is 1.18. The lowest BCUT2D eigenvalue weighted by Gasteiger charge is -2.34. The van der Waals surface area contributed by atoms with Crippen molar-refractivity contribution in [3.8, 4) is 0 Å². The van der Waals surface area contributed by atoms with Crippen LogP contribution in [0.25, 0.3) is 0 Å². The van der Waals surface area contributed by atoms with E-state index in [1.807, 2.05) is 0 Å². The third-order valence-electron chi connectivity index (χ3n) is 4.89. The van der Waals surface area contributed by atoms with Gasteiger partial charge in [0, 0.05) is 63.4 Å². The number of nitrogens with one attached hydrogen (secondary N) is 2. The minimum atomic E-state index is 0.207. The molecular formula is C19H43N5. The quantitative estimate of drug-likeness (QED) is 0.626. The highest BCUT2D eigenvalue weighted by Gasteiger charge is 2.19. The molecule has 0 aromatic rings. The molecular weight excluding hydrogens is 298 g/mol.